The second kappa shape index (κ2) is 7.00. The van der Waals surface area contributed by atoms with E-state index in [4.69, 9.17) is 9.88 Å². The van der Waals surface area contributed by atoms with Crippen molar-refractivity contribution in [2.75, 3.05) is 13.2 Å². The Morgan fingerprint density at radius 1 is 1.50 bits per heavy atom. The van der Waals surface area contributed by atoms with E-state index in [1.165, 1.54) is 0 Å². The molecule has 1 rings (SSSR count). The van der Waals surface area contributed by atoms with Gasteiger partial charge in [-0.2, -0.15) is 0 Å². The Morgan fingerprint density at radius 2 is 2.15 bits per heavy atom. The Labute approximate surface area is 124 Å². The van der Waals surface area contributed by atoms with Crippen molar-refractivity contribution in [1.29, 1.82) is 0 Å². The van der Waals surface area contributed by atoms with E-state index in [9.17, 15) is 17.6 Å². The van der Waals surface area contributed by atoms with Crippen molar-refractivity contribution in [1.82, 2.24) is 5.32 Å². The summed E-state index contributed by atoms with van der Waals surface area (Å²) in [5.74, 6) is -1.38. The fourth-order valence-electron chi connectivity index (χ4n) is 1.30. The normalized spacial score (nSPS) is 11.2. The molecule has 0 aliphatic rings. The maximum absolute atomic E-state index is 13.6. The number of hydrogen-bond donors (Lipinski definition) is 2. The van der Waals surface area contributed by atoms with Crippen molar-refractivity contribution in [3.8, 4) is 5.75 Å². The van der Waals surface area contributed by atoms with Crippen LogP contribution in [0.2, 0.25) is 0 Å². The predicted molar refractivity (Wildman–Crippen MR) is 74.3 cm³/mol. The van der Waals surface area contributed by atoms with Crippen molar-refractivity contribution in [2.45, 2.75) is 18.2 Å². The SMILES string of the molecule is CCCNC(=O)COc1cc(F)c(S(N)(=O)=O)cc1Br. The number of sulfonamides is 1. The van der Waals surface area contributed by atoms with Crippen molar-refractivity contribution in [3.05, 3.63) is 22.4 Å². The van der Waals surface area contributed by atoms with Gasteiger partial charge in [-0.15, -0.1) is 0 Å². The van der Waals surface area contributed by atoms with E-state index in [0.717, 1.165) is 18.6 Å². The zero-order valence-electron chi connectivity index (χ0n) is 10.7. The van der Waals surface area contributed by atoms with Crippen molar-refractivity contribution in [3.63, 3.8) is 0 Å². The van der Waals surface area contributed by atoms with Gasteiger partial charge in [-0.1, -0.05) is 6.92 Å². The lowest BCUT2D eigenvalue weighted by Crippen LogP contribution is -2.29. The number of halogens is 2. The lowest BCUT2D eigenvalue weighted by molar-refractivity contribution is -0.123. The maximum Gasteiger partial charge on any atom is 0.257 e. The number of carbonyl (C=O) groups is 1. The summed E-state index contributed by atoms with van der Waals surface area (Å²) in [6, 6.07) is 1.85. The number of nitrogens with one attached hydrogen (secondary N) is 1. The van der Waals surface area contributed by atoms with Crippen molar-refractivity contribution in [2.24, 2.45) is 5.14 Å². The molecule has 0 radical (unpaired) electrons. The van der Waals surface area contributed by atoms with Crippen LogP contribution in [0.15, 0.2) is 21.5 Å². The third kappa shape index (κ3) is 4.73. The molecule has 0 heterocycles. The van der Waals surface area contributed by atoms with Crippen molar-refractivity contribution >= 4 is 31.9 Å². The highest BCUT2D eigenvalue weighted by Gasteiger charge is 2.18. The molecule has 0 atom stereocenters. The average Bonchev–Trinajstić information content (AvgIpc) is 2.35. The smallest absolute Gasteiger partial charge is 0.257 e. The number of hydrogen-bond acceptors (Lipinski definition) is 4. The molecule has 0 saturated heterocycles. The van der Waals surface area contributed by atoms with E-state index in [1.807, 2.05) is 6.92 Å². The molecule has 0 unspecified atom stereocenters. The van der Waals surface area contributed by atoms with Gasteiger partial charge >= 0.3 is 0 Å². The zero-order chi connectivity index (χ0) is 15.3. The highest BCUT2D eigenvalue weighted by molar-refractivity contribution is 9.10. The monoisotopic (exact) mass is 368 g/mol. The van der Waals surface area contributed by atoms with Gasteiger partial charge in [-0.25, -0.2) is 17.9 Å². The summed E-state index contributed by atoms with van der Waals surface area (Å²) in [6.45, 7) is 2.12. The molecule has 0 bridgehead atoms. The molecule has 1 aromatic carbocycles. The van der Waals surface area contributed by atoms with Gasteiger partial charge in [0.2, 0.25) is 10.0 Å². The summed E-state index contributed by atoms with van der Waals surface area (Å²) in [4.78, 5) is 10.7. The van der Waals surface area contributed by atoms with Crippen LogP contribution in [0.3, 0.4) is 0 Å². The summed E-state index contributed by atoms with van der Waals surface area (Å²) >= 11 is 3.03. The van der Waals surface area contributed by atoms with Gasteiger partial charge in [0.05, 0.1) is 4.47 Å². The second-order valence-corrected chi connectivity index (χ2v) is 6.28. The molecule has 3 N–H and O–H groups in total. The van der Waals surface area contributed by atoms with E-state index >= 15 is 0 Å². The molecule has 0 aliphatic heterocycles. The summed E-state index contributed by atoms with van der Waals surface area (Å²) in [7, 11) is -4.16. The van der Waals surface area contributed by atoms with Gasteiger partial charge < -0.3 is 10.1 Å². The molecular weight excluding hydrogens is 355 g/mol. The largest absolute Gasteiger partial charge is 0.482 e. The van der Waals surface area contributed by atoms with Gasteiger partial charge in [-0.3, -0.25) is 4.79 Å². The minimum absolute atomic E-state index is 0.0153. The maximum atomic E-state index is 13.6. The minimum Gasteiger partial charge on any atom is -0.482 e. The third-order valence-electron chi connectivity index (χ3n) is 2.22. The number of primary sulfonamides is 1. The number of amides is 1. The molecule has 9 heteroatoms. The standard InChI is InChI=1S/C11H14BrFN2O4S/c1-2-3-15-11(16)6-19-9-5-8(13)10(4-7(9)12)20(14,17)18/h4-5H,2-3,6H2,1H3,(H,15,16)(H2,14,17,18). The molecule has 20 heavy (non-hydrogen) atoms. The first-order valence-corrected chi connectivity index (χ1v) is 8.01. The molecule has 0 aliphatic carbocycles. The molecule has 0 fully saturated rings. The second-order valence-electron chi connectivity index (χ2n) is 3.90. The quantitative estimate of drug-likeness (QED) is 0.786. The third-order valence-corrected chi connectivity index (χ3v) is 3.77. The van der Waals surface area contributed by atoms with Gasteiger partial charge in [0.25, 0.3) is 5.91 Å². The summed E-state index contributed by atoms with van der Waals surface area (Å²) in [5, 5.41) is 7.44. The summed E-state index contributed by atoms with van der Waals surface area (Å²) < 4.78 is 41.1. The lowest BCUT2D eigenvalue weighted by Gasteiger charge is -2.10. The fraction of sp³-hybridized carbons (Fsp3) is 0.364. The molecule has 112 valence electrons. The van der Waals surface area contributed by atoms with Gasteiger partial charge in [0.1, 0.15) is 16.5 Å². The number of benzene rings is 1. The first kappa shape index (κ1) is 16.9. The van der Waals surface area contributed by atoms with Gasteiger partial charge in [0, 0.05) is 12.6 Å². The molecule has 1 amide bonds. The summed E-state index contributed by atoms with van der Waals surface area (Å²) in [6.07, 6.45) is 0.785. The summed E-state index contributed by atoms with van der Waals surface area (Å²) in [5.41, 5.74) is 0. The Morgan fingerprint density at radius 3 is 2.70 bits per heavy atom. The molecule has 0 spiro atoms. The Balaban J connectivity index is 2.83. The number of ether oxygens (including phenoxy) is 1. The molecular formula is C11H14BrFN2O4S. The number of carbonyl (C=O) groups excluding carboxylic acids is 1. The van der Waals surface area contributed by atoms with Gasteiger partial charge in [-0.05, 0) is 28.4 Å². The first-order chi connectivity index (χ1) is 9.25. The fourth-order valence-corrected chi connectivity index (χ4v) is 2.52. The number of nitrogens with two attached hydrogens (primary N) is 1. The van der Waals surface area contributed by atoms with Crippen LogP contribution in [-0.2, 0) is 14.8 Å². The molecule has 1 aromatic rings. The minimum atomic E-state index is -4.16. The van der Waals surface area contributed by atoms with E-state index < -0.39 is 20.7 Å². The first-order valence-electron chi connectivity index (χ1n) is 5.67. The van der Waals surface area contributed by atoms with Crippen LogP contribution in [0.5, 0.6) is 5.75 Å². The van der Waals surface area contributed by atoms with E-state index in [1.54, 1.807) is 0 Å². The van der Waals surface area contributed by atoms with Crippen molar-refractivity contribution < 1.29 is 22.3 Å². The zero-order valence-corrected chi connectivity index (χ0v) is 13.1. The highest BCUT2D eigenvalue weighted by Crippen LogP contribution is 2.29. The molecule has 0 aromatic heterocycles. The van der Waals surface area contributed by atoms with E-state index in [0.29, 0.717) is 6.54 Å². The predicted octanol–water partition coefficient (Wildman–Crippen LogP) is 1.14. The van der Waals surface area contributed by atoms with E-state index in [-0.39, 0.29) is 22.7 Å². The Hall–Kier alpha value is -1.19. The highest BCUT2D eigenvalue weighted by atomic mass is 79.9. The van der Waals surface area contributed by atoms with Crippen LogP contribution < -0.4 is 15.2 Å². The Kier molecular flexibility index (Phi) is 5.90. The van der Waals surface area contributed by atoms with Crippen LogP contribution in [0, 0.1) is 5.82 Å². The van der Waals surface area contributed by atoms with Crippen LogP contribution in [0.4, 0.5) is 4.39 Å². The average molecular weight is 369 g/mol. The molecule has 0 saturated carbocycles. The number of rotatable bonds is 6. The lowest BCUT2D eigenvalue weighted by atomic mass is 10.3. The van der Waals surface area contributed by atoms with E-state index in [2.05, 4.69) is 21.2 Å². The van der Waals surface area contributed by atoms with Crippen LogP contribution in [-0.4, -0.2) is 27.5 Å². The van der Waals surface area contributed by atoms with Crippen LogP contribution >= 0.6 is 15.9 Å². The van der Waals surface area contributed by atoms with Gasteiger partial charge in [0.15, 0.2) is 6.61 Å². The van der Waals surface area contributed by atoms with Crippen LogP contribution in [0.1, 0.15) is 13.3 Å². The molecule has 6 nitrogen and oxygen atoms in total. The Bertz CT molecular complexity index is 607. The van der Waals surface area contributed by atoms with Crippen LogP contribution in [0.25, 0.3) is 0 Å². The topological polar surface area (TPSA) is 98.5 Å².